The van der Waals surface area contributed by atoms with E-state index in [0.29, 0.717) is 19.6 Å². The summed E-state index contributed by atoms with van der Waals surface area (Å²) in [6.07, 6.45) is 0. The molecule has 0 aromatic heterocycles. The van der Waals surface area contributed by atoms with Gasteiger partial charge in [0.2, 0.25) is 0 Å². The fourth-order valence-electron chi connectivity index (χ4n) is 1.58. The van der Waals surface area contributed by atoms with Crippen molar-refractivity contribution in [3.63, 3.8) is 0 Å². The second-order valence-corrected chi connectivity index (χ2v) is 3.57. The largest absolute Gasteiger partial charge is 0.497 e. The first-order chi connectivity index (χ1) is 7.80. The minimum atomic E-state index is 0.101. The summed E-state index contributed by atoms with van der Waals surface area (Å²) in [4.78, 5) is 1.99. The molecule has 0 saturated heterocycles. The summed E-state index contributed by atoms with van der Waals surface area (Å²) in [5.41, 5.74) is 1.11. The van der Waals surface area contributed by atoms with Crippen LogP contribution >= 0.6 is 0 Å². The highest BCUT2D eigenvalue weighted by molar-refractivity contribution is 5.28. The van der Waals surface area contributed by atoms with Crippen LogP contribution in [0.1, 0.15) is 5.56 Å². The first-order valence-corrected chi connectivity index (χ1v) is 5.37. The summed E-state index contributed by atoms with van der Waals surface area (Å²) in [5, 5.41) is 17.8. The Kier molecular flexibility index (Phi) is 5.85. The van der Waals surface area contributed by atoms with Gasteiger partial charge in [-0.3, -0.25) is 4.90 Å². The van der Waals surface area contributed by atoms with E-state index in [1.807, 2.05) is 29.2 Å². The van der Waals surface area contributed by atoms with Crippen LogP contribution in [-0.2, 0) is 6.54 Å². The van der Waals surface area contributed by atoms with Crippen LogP contribution in [-0.4, -0.2) is 48.5 Å². The zero-order valence-corrected chi connectivity index (χ0v) is 9.59. The maximum absolute atomic E-state index is 8.89. The molecule has 0 aliphatic carbocycles. The number of benzene rings is 1. The minimum Gasteiger partial charge on any atom is -0.497 e. The highest BCUT2D eigenvalue weighted by atomic mass is 16.5. The molecule has 0 spiro atoms. The van der Waals surface area contributed by atoms with Crippen molar-refractivity contribution in [3.05, 3.63) is 29.8 Å². The molecule has 0 atom stereocenters. The first kappa shape index (κ1) is 13.0. The SMILES string of the molecule is COc1cccc(CN(CCO)CCO)c1. The Morgan fingerprint density at radius 3 is 2.44 bits per heavy atom. The number of aliphatic hydroxyl groups excluding tert-OH is 2. The van der Waals surface area contributed by atoms with Crippen molar-refractivity contribution in [3.8, 4) is 5.75 Å². The van der Waals surface area contributed by atoms with Gasteiger partial charge in [0, 0.05) is 19.6 Å². The lowest BCUT2D eigenvalue weighted by Gasteiger charge is -2.20. The van der Waals surface area contributed by atoms with Crippen LogP contribution in [0, 0.1) is 0 Å². The van der Waals surface area contributed by atoms with Gasteiger partial charge in [0.15, 0.2) is 0 Å². The first-order valence-electron chi connectivity index (χ1n) is 5.37. The maximum atomic E-state index is 8.89. The summed E-state index contributed by atoms with van der Waals surface area (Å²) in [6.45, 7) is 2.04. The average molecular weight is 225 g/mol. The molecule has 1 rings (SSSR count). The van der Waals surface area contributed by atoms with Gasteiger partial charge >= 0.3 is 0 Å². The van der Waals surface area contributed by atoms with Gasteiger partial charge in [-0.25, -0.2) is 0 Å². The molecule has 4 nitrogen and oxygen atoms in total. The second kappa shape index (κ2) is 7.22. The van der Waals surface area contributed by atoms with Crippen LogP contribution in [0.15, 0.2) is 24.3 Å². The molecule has 0 fully saturated rings. The lowest BCUT2D eigenvalue weighted by atomic mass is 10.2. The monoisotopic (exact) mass is 225 g/mol. The Labute approximate surface area is 96.1 Å². The van der Waals surface area contributed by atoms with E-state index in [-0.39, 0.29) is 13.2 Å². The number of hydrogen-bond donors (Lipinski definition) is 2. The number of aliphatic hydroxyl groups is 2. The number of methoxy groups -OCH3 is 1. The molecule has 0 aliphatic rings. The zero-order valence-electron chi connectivity index (χ0n) is 9.59. The fraction of sp³-hybridized carbons (Fsp3) is 0.500. The molecule has 0 heterocycles. The number of ether oxygens (including phenoxy) is 1. The molecule has 0 radical (unpaired) electrons. The van der Waals surface area contributed by atoms with Crippen molar-refractivity contribution in [2.24, 2.45) is 0 Å². The summed E-state index contributed by atoms with van der Waals surface area (Å²) in [6, 6.07) is 7.79. The van der Waals surface area contributed by atoms with Gasteiger partial charge in [0.25, 0.3) is 0 Å². The molecule has 1 aromatic rings. The molecule has 0 bridgehead atoms. The maximum Gasteiger partial charge on any atom is 0.119 e. The van der Waals surface area contributed by atoms with Crippen molar-refractivity contribution >= 4 is 0 Å². The molecular weight excluding hydrogens is 206 g/mol. The van der Waals surface area contributed by atoms with Gasteiger partial charge in [-0.1, -0.05) is 12.1 Å². The van der Waals surface area contributed by atoms with Crippen LogP contribution in [0.4, 0.5) is 0 Å². The fourth-order valence-corrected chi connectivity index (χ4v) is 1.58. The lowest BCUT2D eigenvalue weighted by Crippen LogP contribution is -2.29. The standard InChI is InChI=1S/C12H19NO3/c1-16-12-4-2-3-11(9-12)10-13(5-7-14)6-8-15/h2-4,9,14-15H,5-8,10H2,1H3. The van der Waals surface area contributed by atoms with Gasteiger partial charge in [-0.05, 0) is 17.7 Å². The van der Waals surface area contributed by atoms with Gasteiger partial charge in [0.05, 0.1) is 20.3 Å². The van der Waals surface area contributed by atoms with Gasteiger partial charge < -0.3 is 14.9 Å². The van der Waals surface area contributed by atoms with Crippen LogP contribution in [0.25, 0.3) is 0 Å². The molecule has 1 aromatic carbocycles. The van der Waals surface area contributed by atoms with E-state index in [0.717, 1.165) is 11.3 Å². The number of rotatable bonds is 7. The lowest BCUT2D eigenvalue weighted by molar-refractivity contribution is 0.156. The highest BCUT2D eigenvalue weighted by Gasteiger charge is 2.05. The Bertz CT molecular complexity index is 298. The van der Waals surface area contributed by atoms with Crippen molar-refractivity contribution in [2.75, 3.05) is 33.4 Å². The number of hydrogen-bond acceptors (Lipinski definition) is 4. The van der Waals surface area contributed by atoms with E-state index in [4.69, 9.17) is 14.9 Å². The molecule has 90 valence electrons. The van der Waals surface area contributed by atoms with Crippen molar-refractivity contribution in [1.82, 2.24) is 4.90 Å². The van der Waals surface area contributed by atoms with E-state index < -0.39 is 0 Å². The summed E-state index contributed by atoms with van der Waals surface area (Å²) < 4.78 is 5.14. The van der Waals surface area contributed by atoms with E-state index in [2.05, 4.69) is 0 Å². The van der Waals surface area contributed by atoms with Crippen LogP contribution < -0.4 is 4.74 Å². The predicted octanol–water partition coefficient (Wildman–Crippen LogP) is 0.482. The van der Waals surface area contributed by atoms with Crippen molar-refractivity contribution < 1.29 is 14.9 Å². The number of nitrogens with zero attached hydrogens (tertiary/aromatic N) is 1. The summed E-state index contributed by atoms with van der Waals surface area (Å²) in [7, 11) is 1.64. The van der Waals surface area contributed by atoms with Crippen molar-refractivity contribution in [2.45, 2.75) is 6.54 Å². The van der Waals surface area contributed by atoms with E-state index in [9.17, 15) is 0 Å². The predicted molar refractivity (Wildman–Crippen MR) is 62.4 cm³/mol. The molecule has 0 amide bonds. The van der Waals surface area contributed by atoms with E-state index in [1.165, 1.54) is 0 Å². The molecule has 0 saturated carbocycles. The van der Waals surface area contributed by atoms with Crippen molar-refractivity contribution in [1.29, 1.82) is 0 Å². The smallest absolute Gasteiger partial charge is 0.119 e. The van der Waals surface area contributed by atoms with E-state index >= 15 is 0 Å². The third-order valence-corrected chi connectivity index (χ3v) is 2.37. The van der Waals surface area contributed by atoms with Gasteiger partial charge in [-0.15, -0.1) is 0 Å². The quantitative estimate of drug-likeness (QED) is 0.709. The van der Waals surface area contributed by atoms with Crippen LogP contribution in [0.3, 0.4) is 0 Å². The summed E-state index contributed by atoms with van der Waals surface area (Å²) in [5.74, 6) is 0.824. The molecule has 0 unspecified atom stereocenters. The van der Waals surface area contributed by atoms with Crippen LogP contribution in [0.5, 0.6) is 5.75 Å². The Morgan fingerprint density at radius 1 is 1.19 bits per heavy atom. The third kappa shape index (κ3) is 4.18. The van der Waals surface area contributed by atoms with E-state index in [1.54, 1.807) is 7.11 Å². The Balaban J connectivity index is 2.60. The summed E-state index contributed by atoms with van der Waals surface area (Å²) >= 11 is 0. The second-order valence-electron chi connectivity index (χ2n) is 3.57. The Hall–Kier alpha value is -1.10. The zero-order chi connectivity index (χ0) is 11.8. The molecule has 2 N–H and O–H groups in total. The average Bonchev–Trinajstić information content (AvgIpc) is 2.30. The highest BCUT2D eigenvalue weighted by Crippen LogP contribution is 2.14. The molecular formula is C12H19NO3. The van der Waals surface area contributed by atoms with Crippen LogP contribution in [0.2, 0.25) is 0 Å². The molecule has 16 heavy (non-hydrogen) atoms. The third-order valence-electron chi connectivity index (χ3n) is 2.37. The minimum absolute atomic E-state index is 0.101. The topological polar surface area (TPSA) is 52.9 Å². The van der Waals surface area contributed by atoms with Gasteiger partial charge in [0.1, 0.15) is 5.75 Å². The normalized spacial score (nSPS) is 10.8. The van der Waals surface area contributed by atoms with Gasteiger partial charge in [-0.2, -0.15) is 0 Å². The molecule has 4 heteroatoms. The molecule has 0 aliphatic heterocycles. The Morgan fingerprint density at radius 2 is 1.88 bits per heavy atom.